The fourth-order valence-corrected chi connectivity index (χ4v) is 7.68. The van der Waals surface area contributed by atoms with Gasteiger partial charge in [-0.05, 0) is 91.1 Å². The lowest BCUT2D eigenvalue weighted by Gasteiger charge is -2.56. The zero-order valence-corrected chi connectivity index (χ0v) is 28.3. The molecule has 52 heavy (non-hydrogen) atoms. The number of carboxylic acid groups (broad SMARTS) is 1. The molecule has 1 aliphatic carbocycles. The number of carbonyl (C=O) groups is 3. The second-order valence-corrected chi connectivity index (χ2v) is 13.9. The summed E-state index contributed by atoms with van der Waals surface area (Å²) in [7, 11) is 0. The molecule has 2 heterocycles. The highest BCUT2D eigenvalue weighted by atomic mass is 16.6. The van der Waals surface area contributed by atoms with Gasteiger partial charge < -0.3 is 44.8 Å². The fraction of sp³-hybridized carbons (Fsp3) is 0.375. The molecule has 7 atom stereocenters. The lowest BCUT2D eigenvalue weighted by Crippen LogP contribution is -2.70. The number of aromatic hydroxyl groups is 4. The molecule has 12 heteroatoms. The van der Waals surface area contributed by atoms with Gasteiger partial charge in [0.25, 0.3) is 0 Å². The summed E-state index contributed by atoms with van der Waals surface area (Å²) >= 11 is 0. The normalized spacial score (nSPS) is 28.7. The van der Waals surface area contributed by atoms with Gasteiger partial charge in [-0.2, -0.15) is 0 Å². The SMILES string of the molecule is O=C(C=Cc1ccc(O)c(O)c1)COC1(C(=O)O)CC(O)C2OCC(CCc3ccccc3)CC3(C(=O)C=Cc4ccc(O)c(O)c4)CCC1C2O3. The average Bonchev–Trinajstić information content (AvgIpc) is 3.12. The Morgan fingerprint density at radius 2 is 1.48 bits per heavy atom. The second kappa shape index (κ2) is 15.3. The minimum Gasteiger partial charge on any atom is -0.504 e. The quantitative estimate of drug-likeness (QED) is 0.113. The summed E-state index contributed by atoms with van der Waals surface area (Å²) in [6, 6.07) is 18.1. The zero-order chi connectivity index (χ0) is 37.0. The number of carboxylic acids is 1. The Kier molecular flexibility index (Phi) is 10.8. The molecule has 0 spiro atoms. The number of hydrogen-bond acceptors (Lipinski definition) is 11. The van der Waals surface area contributed by atoms with Gasteiger partial charge in [-0.3, -0.25) is 9.59 Å². The lowest BCUT2D eigenvalue weighted by molar-refractivity contribution is -0.288. The highest BCUT2D eigenvalue weighted by molar-refractivity contribution is 6.00. The van der Waals surface area contributed by atoms with Crippen LogP contribution >= 0.6 is 0 Å². The molecular weight excluding hydrogens is 672 g/mol. The molecular formula is C40H42O12. The molecule has 2 bridgehead atoms. The lowest BCUT2D eigenvalue weighted by atomic mass is 9.64. The molecule has 1 saturated carbocycles. The van der Waals surface area contributed by atoms with Crippen LogP contribution in [0.4, 0.5) is 0 Å². The summed E-state index contributed by atoms with van der Waals surface area (Å²) in [6.07, 6.45) is 3.59. The number of rotatable bonds is 12. The largest absolute Gasteiger partial charge is 0.504 e. The number of aliphatic hydroxyl groups is 1. The van der Waals surface area contributed by atoms with Crippen LogP contribution in [0.15, 0.2) is 78.9 Å². The van der Waals surface area contributed by atoms with E-state index in [9.17, 15) is 45.0 Å². The number of aliphatic carboxylic acids is 1. The number of carbonyl (C=O) groups excluding carboxylic acids is 2. The first-order valence-corrected chi connectivity index (χ1v) is 17.3. The van der Waals surface area contributed by atoms with Gasteiger partial charge in [0.2, 0.25) is 0 Å². The van der Waals surface area contributed by atoms with Crippen LogP contribution in [0, 0.1) is 11.8 Å². The van der Waals surface area contributed by atoms with Crippen molar-refractivity contribution in [2.45, 2.75) is 68.0 Å². The summed E-state index contributed by atoms with van der Waals surface area (Å²) < 4.78 is 19.0. The standard InChI is InChI=1S/C40H42O12/c41-28(12-8-25-9-13-30(42)32(44)18-25)23-51-40(38(48)49)21-34(46)37-36-29(40)16-17-39(52-36,35(47)15-11-26-10-14-31(43)33(45)19-26)20-27(22-50-37)7-6-24-4-2-1-3-5-24/h1-5,8-15,18-19,27,29,34,36-37,42-46H,6-7,16-17,20-23H2,(H,48,49). The molecule has 2 saturated heterocycles. The Bertz CT molecular complexity index is 1850. The minimum absolute atomic E-state index is 0.138. The van der Waals surface area contributed by atoms with Crippen molar-refractivity contribution < 1.29 is 59.2 Å². The van der Waals surface area contributed by atoms with Crippen molar-refractivity contribution in [1.29, 1.82) is 0 Å². The Balaban J connectivity index is 1.26. The third-order valence-electron chi connectivity index (χ3n) is 10.4. The predicted molar refractivity (Wildman–Crippen MR) is 188 cm³/mol. The van der Waals surface area contributed by atoms with Gasteiger partial charge in [0, 0.05) is 12.3 Å². The molecule has 6 rings (SSSR count). The number of aryl methyl sites for hydroxylation is 1. The van der Waals surface area contributed by atoms with Crippen LogP contribution in [-0.4, -0.2) is 90.9 Å². The van der Waals surface area contributed by atoms with E-state index in [-0.39, 0.29) is 67.0 Å². The first-order chi connectivity index (χ1) is 24.9. The fourth-order valence-electron chi connectivity index (χ4n) is 7.68. The Hall–Kier alpha value is -5.01. The number of ketones is 2. The molecule has 0 aromatic heterocycles. The third-order valence-corrected chi connectivity index (χ3v) is 10.4. The van der Waals surface area contributed by atoms with Crippen LogP contribution in [-0.2, 0) is 35.0 Å². The van der Waals surface area contributed by atoms with Gasteiger partial charge in [-0.15, -0.1) is 0 Å². The highest BCUT2D eigenvalue weighted by Crippen LogP contribution is 2.51. The van der Waals surface area contributed by atoms with Gasteiger partial charge in [0.15, 0.2) is 40.2 Å². The molecule has 2 aliphatic heterocycles. The molecule has 3 fully saturated rings. The summed E-state index contributed by atoms with van der Waals surface area (Å²) in [4.78, 5) is 40.2. The number of hydrogen-bond donors (Lipinski definition) is 6. The smallest absolute Gasteiger partial charge is 0.336 e. The Morgan fingerprint density at radius 1 is 0.827 bits per heavy atom. The van der Waals surface area contributed by atoms with E-state index in [1.165, 1.54) is 54.6 Å². The van der Waals surface area contributed by atoms with E-state index < -0.39 is 53.8 Å². The maximum absolute atomic E-state index is 14.2. The number of fused-ring (bicyclic) bond motifs is 1. The van der Waals surface area contributed by atoms with Crippen LogP contribution in [0.3, 0.4) is 0 Å². The van der Waals surface area contributed by atoms with Gasteiger partial charge in [-0.25, -0.2) is 4.79 Å². The summed E-state index contributed by atoms with van der Waals surface area (Å²) in [5.74, 6) is -4.69. The van der Waals surface area contributed by atoms with E-state index in [4.69, 9.17) is 14.2 Å². The maximum atomic E-state index is 14.2. The van der Waals surface area contributed by atoms with E-state index >= 15 is 0 Å². The van der Waals surface area contributed by atoms with Crippen LogP contribution in [0.1, 0.15) is 48.8 Å². The number of phenols is 4. The van der Waals surface area contributed by atoms with E-state index in [0.717, 1.165) is 5.56 Å². The van der Waals surface area contributed by atoms with Gasteiger partial charge in [0.05, 0.1) is 18.8 Å². The molecule has 3 aromatic rings. The number of aliphatic hydroxyl groups excluding tert-OH is 1. The van der Waals surface area contributed by atoms with Crippen LogP contribution < -0.4 is 0 Å². The van der Waals surface area contributed by atoms with E-state index in [1.54, 1.807) is 6.07 Å². The first kappa shape index (κ1) is 36.8. The third kappa shape index (κ3) is 7.75. The van der Waals surface area contributed by atoms with Gasteiger partial charge in [-0.1, -0.05) is 54.6 Å². The molecule has 12 nitrogen and oxygen atoms in total. The summed E-state index contributed by atoms with van der Waals surface area (Å²) in [5.41, 5.74) is -1.43. The molecule has 6 N–H and O–H groups in total. The van der Waals surface area contributed by atoms with E-state index in [0.29, 0.717) is 24.0 Å². The van der Waals surface area contributed by atoms with Crippen molar-refractivity contribution in [2.75, 3.05) is 13.2 Å². The highest BCUT2D eigenvalue weighted by Gasteiger charge is 2.64. The van der Waals surface area contributed by atoms with Crippen molar-refractivity contribution in [2.24, 2.45) is 11.8 Å². The average molecular weight is 715 g/mol. The minimum atomic E-state index is -2.04. The molecule has 274 valence electrons. The Morgan fingerprint density at radius 3 is 2.12 bits per heavy atom. The van der Waals surface area contributed by atoms with Gasteiger partial charge >= 0.3 is 5.97 Å². The van der Waals surface area contributed by atoms with Crippen molar-refractivity contribution in [3.63, 3.8) is 0 Å². The molecule has 7 unspecified atom stereocenters. The first-order valence-electron chi connectivity index (χ1n) is 17.3. The number of phenolic OH excluding ortho intramolecular Hbond substituents is 4. The van der Waals surface area contributed by atoms with Crippen molar-refractivity contribution >= 4 is 29.7 Å². The number of ether oxygens (including phenoxy) is 3. The zero-order valence-electron chi connectivity index (χ0n) is 28.3. The van der Waals surface area contributed by atoms with Crippen molar-refractivity contribution in [3.05, 3.63) is 95.6 Å². The summed E-state index contributed by atoms with van der Waals surface area (Å²) in [6.45, 7) is -0.440. The summed E-state index contributed by atoms with van der Waals surface area (Å²) in [5, 5.41) is 61.1. The van der Waals surface area contributed by atoms with Crippen LogP contribution in [0.2, 0.25) is 0 Å². The number of benzene rings is 3. The second-order valence-electron chi connectivity index (χ2n) is 13.9. The van der Waals surface area contributed by atoms with Crippen molar-refractivity contribution in [3.8, 4) is 23.0 Å². The van der Waals surface area contributed by atoms with Crippen molar-refractivity contribution in [1.82, 2.24) is 0 Å². The monoisotopic (exact) mass is 714 g/mol. The molecule has 3 aliphatic rings. The topological polar surface area (TPSA) is 200 Å². The Labute approximate surface area is 300 Å². The van der Waals surface area contributed by atoms with Crippen LogP contribution in [0.25, 0.3) is 12.2 Å². The van der Waals surface area contributed by atoms with E-state index in [2.05, 4.69) is 0 Å². The maximum Gasteiger partial charge on any atom is 0.336 e. The predicted octanol–water partition coefficient (Wildman–Crippen LogP) is 4.55. The van der Waals surface area contributed by atoms with E-state index in [1.807, 2.05) is 30.3 Å². The van der Waals surface area contributed by atoms with Gasteiger partial charge in [0.1, 0.15) is 18.3 Å². The molecule has 3 aromatic carbocycles. The van der Waals surface area contributed by atoms with Crippen LogP contribution in [0.5, 0.6) is 23.0 Å². The molecule has 0 radical (unpaired) electrons. The molecule has 0 amide bonds.